The molecular weight excluding hydrogens is 273 g/mol. The van der Waals surface area contributed by atoms with Crippen LogP contribution in [0.3, 0.4) is 0 Å². The van der Waals surface area contributed by atoms with Crippen LogP contribution >= 0.6 is 11.3 Å². The Labute approximate surface area is 121 Å². The highest BCUT2D eigenvalue weighted by atomic mass is 32.1. The third-order valence-electron chi connectivity index (χ3n) is 3.41. The third kappa shape index (κ3) is 2.80. The molecular formula is C16H14FNOS. The van der Waals surface area contributed by atoms with Crippen molar-refractivity contribution in [2.45, 2.75) is 13.0 Å². The first-order valence-corrected chi connectivity index (χ1v) is 7.38. The molecule has 0 bridgehead atoms. The van der Waals surface area contributed by atoms with E-state index in [-0.39, 0.29) is 11.7 Å². The van der Waals surface area contributed by atoms with Crippen LogP contribution in [0.2, 0.25) is 0 Å². The van der Waals surface area contributed by atoms with Crippen LogP contribution in [0, 0.1) is 5.82 Å². The molecule has 0 spiro atoms. The minimum absolute atomic E-state index is 0.00572. The van der Waals surface area contributed by atoms with Gasteiger partial charge in [-0.2, -0.15) is 0 Å². The summed E-state index contributed by atoms with van der Waals surface area (Å²) in [6, 6.07) is 8.19. The van der Waals surface area contributed by atoms with Crippen LogP contribution in [0.4, 0.5) is 4.39 Å². The van der Waals surface area contributed by atoms with Crippen LogP contribution in [0.5, 0.6) is 0 Å². The van der Waals surface area contributed by atoms with Gasteiger partial charge in [0.25, 0.3) is 0 Å². The normalized spacial score (nSPS) is 14.6. The highest BCUT2D eigenvalue weighted by molar-refractivity contribution is 7.10. The average molecular weight is 287 g/mol. The molecule has 0 atom stereocenters. The maximum absolute atomic E-state index is 12.8. The van der Waals surface area contributed by atoms with Crippen molar-refractivity contribution < 1.29 is 9.18 Å². The van der Waals surface area contributed by atoms with E-state index in [4.69, 9.17) is 0 Å². The van der Waals surface area contributed by atoms with Crippen molar-refractivity contribution in [1.82, 2.24) is 4.90 Å². The van der Waals surface area contributed by atoms with Gasteiger partial charge in [-0.25, -0.2) is 4.39 Å². The maximum Gasteiger partial charge on any atom is 0.246 e. The van der Waals surface area contributed by atoms with Gasteiger partial charge in [-0.15, -0.1) is 11.3 Å². The van der Waals surface area contributed by atoms with Gasteiger partial charge in [0.1, 0.15) is 5.82 Å². The van der Waals surface area contributed by atoms with Crippen LogP contribution in [-0.4, -0.2) is 17.4 Å². The number of fused-ring (bicyclic) bond motifs is 1. The molecule has 0 unspecified atom stereocenters. The summed E-state index contributed by atoms with van der Waals surface area (Å²) in [4.78, 5) is 15.4. The molecule has 1 aromatic carbocycles. The van der Waals surface area contributed by atoms with E-state index in [1.165, 1.54) is 22.6 Å². The predicted molar refractivity (Wildman–Crippen MR) is 78.9 cm³/mol. The van der Waals surface area contributed by atoms with Gasteiger partial charge in [-0.3, -0.25) is 4.79 Å². The maximum atomic E-state index is 12.8. The number of thiophene rings is 1. The Morgan fingerprint density at radius 2 is 2.05 bits per heavy atom. The highest BCUT2D eigenvalue weighted by Crippen LogP contribution is 2.24. The van der Waals surface area contributed by atoms with E-state index in [0.717, 1.165) is 18.5 Å². The van der Waals surface area contributed by atoms with E-state index in [2.05, 4.69) is 11.4 Å². The molecule has 1 aliphatic heterocycles. The number of hydrogen-bond acceptors (Lipinski definition) is 2. The lowest BCUT2D eigenvalue weighted by Gasteiger charge is -2.25. The molecule has 20 heavy (non-hydrogen) atoms. The van der Waals surface area contributed by atoms with Gasteiger partial charge in [0, 0.05) is 24.0 Å². The van der Waals surface area contributed by atoms with Crippen molar-refractivity contribution in [3.63, 3.8) is 0 Å². The summed E-state index contributed by atoms with van der Waals surface area (Å²) in [7, 11) is 0. The van der Waals surface area contributed by atoms with E-state index < -0.39 is 0 Å². The standard InChI is InChI=1S/C16H14FNOS/c17-14-4-1-12(2-5-14)3-6-16(19)18-9-7-15-13(11-18)8-10-20-15/h1-6,8,10H,7,9,11H2/b6-3+. The van der Waals surface area contributed by atoms with E-state index in [1.54, 1.807) is 35.6 Å². The molecule has 2 aromatic rings. The molecule has 0 N–H and O–H groups in total. The van der Waals surface area contributed by atoms with Gasteiger partial charge in [0.05, 0.1) is 0 Å². The molecule has 0 saturated heterocycles. The Kier molecular flexibility index (Phi) is 3.65. The Hall–Kier alpha value is -1.94. The van der Waals surface area contributed by atoms with E-state index in [9.17, 15) is 9.18 Å². The Morgan fingerprint density at radius 1 is 1.25 bits per heavy atom. The lowest BCUT2D eigenvalue weighted by atomic mass is 10.1. The van der Waals surface area contributed by atoms with Crippen LogP contribution in [0.25, 0.3) is 6.08 Å². The number of rotatable bonds is 2. The van der Waals surface area contributed by atoms with Crippen LogP contribution < -0.4 is 0 Å². The molecule has 0 saturated carbocycles. The van der Waals surface area contributed by atoms with Crippen molar-refractivity contribution in [3.05, 3.63) is 63.6 Å². The summed E-state index contributed by atoms with van der Waals surface area (Å²) >= 11 is 1.76. The lowest BCUT2D eigenvalue weighted by molar-refractivity contribution is -0.126. The summed E-state index contributed by atoms with van der Waals surface area (Å²) in [6.45, 7) is 1.45. The molecule has 0 aliphatic carbocycles. The summed E-state index contributed by atoms with van der Waals surface area (Å²) in [5.41, 5.74) is 2.08. The average Bonchev–Trinajstić information content (AvgIpc) is 2.93. The predicted octanol–water partition coefficient (Wildman–Crippen LogP) is 3.49. The molecule has 3 rings (SSSR count). The molecule has 0 radical (unpaired) electrons. The molecule has 1 aromatic heterocycles. The van der Waals surface area contributed by atoms with Gasteiger partial charge in [-0.1, -0.05) is 12.1 Å². The van der Waals surface area contributed by atoms with E-state index >= 15 is 0 Å². The van der Waals surface area contributed by atoms with Gasteiger partial charge >= 0.3 is 0 Å². The first-order chi connectivity index (χ1) is 9.72. The molecule has 0 fully saturated rings. The van der Waals surface area contributed by atoms with Crippen molar-refractivity contribution in [3.8, 4) is 0 Å². The molecule has 2 nitrogen and oxygen atoms in total. The summed E-state index contributed by atoms with van der Waals surface area (Å²) in [6.07, 6.45) is 4.22. The SMILES string of the molecule is O=C(/C=C/c1ccc(F)cc1)N1CCc2sccc2C1. The first-order valence-electron chi connectivity index (χ1n) is 6.50. The quantitative estimate of drug-likeness (QED) is 0.774. The van der Waals surface area contributed by atoms with Crippen molar-refractivity contribution in [2.75, 3.05) is 6.54 Å². The highest BCUT2D eigenvalue weighted by Gasteiger charge is 2.19. The van der Waals surface area contributed by atoms with Crippen LogP contribution in [-0.2, 0) is 17.8 Å². The van der Waals surface area contributed by atoms with Gasteiger partial charge in [0.2, 0.25) is 5.91 Å². The number of halogens is 1. The van der Waals surface area contributed by atoms with Crippen molar-refractivity contribution in [2.24, 2.45) is 0 Å². The van der Waals surface area contributed by atoms with E-state index in [1.807, 2.05) is 4.90 Å². The molecule has 1 aliphatic rings. The van der Waals surface area contributed by atoms with Crippen LogP contribution in [0.1, 0.15) is 16.0 Å². The number of benzene rings is 1. The fourth-order valence-corrected chi connectivity index (χ4v) is 3.17. The first kappa shape index (κ1) is 13.1. The second kappa shape index (κ2) is 5.59. The van der Waals surface area contributed by atoms with Gasteiger partial charge in [0.15, 0.2) is 0 Å². The van der Waals surface area contributed by atoms with Crippen molar-refractivity contribution >= 4 is 23.3 Å². The van der Waals surface area contributed by atoms with Crippen LogP contribution in [0.15, 0.2) is 41.8 Å². The third-order valence-corrected chi connectivity index (χ3v) is 4.43. The monoisotopic (exact) mass is 287 g/mol. The molecule has 4 heteroatoms. The Morgan fingerprint density at radius 3 is 2.85 bits per heavy atom. The van der Waals surface area contributed by atoms with Gasteiger partial charge < -0.3 is 4.90 Å². The molecule has 102 valence electrons. The smallest absolute Gasteiger partial charge is 0.246 e. The zero-order chi connectivity index (χ0) is 13.9. The number of hydrogen-bond donors (Lipinski definition) is 0. The number of amides is 1. The second-order valence-electron chi connectivity index (χ2n) is 4.76. The fourth-order valence-electron chi connectivity index (χ4n) is 2.28. The molecule has 1 amide bonds. The zero-order valence-corrected chi connectivity index (χ0v) is 11.7. The minimum atomic E-state index is -0.269. The number of carbonyl (C=O) groups is 1. The second-order valence-corrected chi connectivity index (χ2v) is 5.76. The summed E-state index contributed by atoms with van der Waals surface area (Å²) < 4.78 is 12.8. The minimum Gasteiger partial charge on any atom is -0.334 e. The fraction of sp³-hybridized carbons (Fsp3) is 0.188. The zero-order valence-electron chi connectivity index (χ0n) is 10.9. The number of nitrogens with zero attached hydrogens (tertiary/aromatic N) is 1. The number of carbonyl (C=O) groups excluding carboxylic acids is 1. The van der Waals surface area contributed by atoms with Gasteiger partial charge in [-0.05, 0) is 47.2 Å². The Bertz CT molecular complexity index is 645. The topological polar surface area (TPSA) is 20.3 Å². The molecule has 2 heterocycles. The van der Waals surface area contributed by atoms with Crippen molar-refractivity contribution in [1.29, 1.82) is 0 Å². The summed E-state index contributed by atoms with van der Waals surface area (Å²) in [5.74, 6) is -0.263. The lowest BCUT2D eigenvalue weighted by Crippen LogP contribution is -2.34. The summed E-state index contributed by atoms with van der Waals surface area (Å²) in [5, 5.41) is 2.08. The largest absolute Gasteiger partial charge is 0.334 e. The van der Waals surface area contributed by atoms with E-state index in [0.29, 0.717) is 6.54 Å². The Balaban J connectivity index is 1.67.